The molecule has 0 aliphatic carbocycles. The van der Waals surface area contributed by atoms with Crippen molar-refractivity contribution in [3.05, 3.63) is 176 Å². The van der Waals surface area contributed by atoms with Crippen LogP contribution in [-0.4, -0.2) is 9.13 Å². The van der Waals surface area contributed by atoms with Gasteiger partial charge in [-0.15, -0.1) is 0 Å². The van der Waals surface area contributed by atoms with E-state index in [1.165, 1.54) is 54.6 Å². The van der Waals surface area contributed by atoms with Crippen LogP contribution in [0.4, 0.5) is 0 Å². The number of allylic oxidation sites excluding steroid dienone is 3. The lowest BCUT2D eigenvalue weighted by Crippen LogP contribution is -2.14. The number of hydrogen-bond donors (Lipinski definition) is 0. The standard InChI is InChI=1S/C47H33N3/c1-32(42(21-12-13-29-48)50-43-22-11-10-20-39(43)47-38-19-9-8-18-35(38)23-28-46(47)50)49-44-26-24-36(33-14-4-2-5-15-33)30-40(44)41-31-37(25-27-45(41)49)34-16-6-3-7-17-34/h2-20,22-28,30-31,42H,1,21H2/b13-12+. The van der Waals surface area contributed by atoms with Gasteiger partial charge in [-0.2, -0.15) is 5.26 Å². The van der Waals surface area contributed by atoms with E-state index in [-0.39, 0.29) is 6.04 Å². The van der Waals surface area contributed by atoms with Crippen molar-refractivity contribution in [1.29, 1.82) is 5.26 Å². The molecule has 0 amide bonds. The van der Waals surface area contributed by atoms with Crippen LogP contribution in [0.1, 0.15) is 12.5 Å². The normalized spacial score (nSPS) is 12.4. The number of para-hydroxylation sites is 1. The molecular weight excluding hydrogens is 607 g/mol. The fourth-order valence-electron chi connectivity index (χ4n) is 7.85. The first-order valence-corrected chi connectivity index (χ1v) is 17.0. The van der Waals surface area contributed by atoms with E-state index >= 15 is 0 Å². The third-order valence-corrected chi connectivity index (χ3v) is 10.1. The number of aromatic nitrogens is 2. The summed E-state index contributed by atoms with van der Waals surface area (Å²) in [5.74, 6) is 0. The molecule has 0 fully saturated rings. The minimum atomic E-state index is -0.176. The van der Waals surface area contributed by atoms with Crippen LogP contribution in [0.5, 0.6) is 0 Å². The van der Waals surface area contributed by atoms with Crippen molar-refractivity contribution in [2.75, 3.05) is 0 Å². The minimum absolute atomic E-state index is 0.176. The first kappa shape index (κ1) is 29.5. The van der Waals surface area contributed by atoms with Gasteiger partial charge < -0.3 is 9.13 Å². The second-order valence-corrected chi connectivity index (χ2v) is 12.9. The number of benzene rings is 7. The average molecular weight is 640 g/mol. The lowest BCUT2D eigenvalue weighted by molar-refractivity contribution is 0.650. The molecule has 0 aliphatic heterocycles. The summed E-state index contributed by atoms with van der Waals surface area (Å²) in [7, 11) is 0. The lowest BCUT2D eigenvalue weighted by atomic mass is 10.0. The van der Waals surface area contributed by atoms with Crippen LogP contribution in [0.25, 0.3) is 82.3 Å². The Labute approximate surface area is 290 Å². The maximum atomic E-state index is 9.55. The first-order valence-electron chi connectivity index (χ1n) is 17.0. The van der Waals surface area contributed by atoms with Crippen molar-refractivity contribution in [3.63, 3.8) is 0 Å². The Hall–Kier alpha value is -6.63. The molecule has 9 rings (SSSR count). The predicted molar refractivity (Wildman–Crippen MR) is 211 cm³/mol. The summed E-state index contributed by atoms with van der Waals surface area (Å²) in [4.78, 5) is 0. The van der Waals surface area contributed by atoms with Gasteiger partial charge in [0.2, 0.25) is 0 Å². The molecule has 0 radical (unpaired) electrons. The molecule has 236 valence electrons. The highest BCUT2D eigenvalue weighted by Gasteiger charge is 2.25. The largest absolute Gasteiger partial charge is 0.331 e. The molecule has 3 nitrogen and oxygen atoms in total. The summed E-state index contributed by atoms with van der Waals surface area (Å²) >= 11 is 0. The topological polar surface area (TPSA) is 33.6 Å². The molecule has 9 aromatic rings. The van der Waals surface area contributed by atoms with Crippen LogP contribution in [0, 0.1) is 11.3 Å². The maximum absolute atomic E-state index is 9.55. The van der Waals surface area contributed by atoms with Crippen LogP contribution < -0.4 is 0 Å². The molecule has 0 N–H and O–H groups in total. The van der Waals surface area contributed by atoms with Crippen molar-refractivity contribution < 1.29 is 0 Å². The molecule has 0 saturated carbocycles. The summed E-state index contributed by atoms with van der Waals surface area (Å²) in [6.45, 7) is 4.89. The smallest absolute Gasteiger partial charge is 0.0908 e. The highest BCUT2D eigenvalue weighted by atomic mass is 15.1. The van der Waals surface area contributed by atoms with Gasteiger partial charge in [0.05, 0.1) is 28.7 Å². The number of hydrogen-bond acceptors (Lipinski definition) is 1. The number of nitriles is 1. The Morgan fingerprint density at radius 2 is 1.12 bits per heavy atom. The van der Waals surface area contributed by atoms with Crippen molar-refractivity contribution in [1.82, 2.24) is 9.13 Å². The lowest BCUT2D eigenvalue weighted by Gasteiger charge is -2.25. The maximum Gasteiger partial charge on any atom is 0.0908 e. The second-order valence-electron chi connectivity index (χ2n) is 12.9. The average Bonchev–Trinajstić information content (AvgIpc) is 3.69. The van der Waals surface area contributed by atoms with E-state index in [1.54, 1.807) is 6.08 Å². The highest BCUT2D eigenvalue weighted by Crippen LogP contribution is 2.43. The summed E-state index contributed by atoms with van der Waals surface area (Å²) in [6.07, 6.45) is 4.18. The van der Waals surface area contributed by atoms with Crippen LogP contribution in [0.2, 0.25) is 0 Å². The third-order valence-electron chi connectivity index (χ3n) is 10.1. The second kappa shape index (κ2) is 12.1. The summed E-state index contributed by atoms with van der Waals surface area (Å²) < 4.78 is 4.79. The summed E-state index contributed by atoms with van der Waals surface area (Å²) in [6, 6.07) is 58.5. The van der Waals surface area contributed by atoms with Gasteiger partial charge in [-0.3, -0.25) is 0 Å². The number of nitrogens with zero attached hydrogens (tertiary/aromatic N) is 3. The van der Waals surface area contributed by atoms with E-state index in [9.17, 15) is 5.26 Å². The Balaban J connectivity index is 1.32. The van der Waals surface area contributed by atoms with Crippen LogP contribution in [-0.2, 0) is 0 Å². The predicted octanol–water partition coefficient (Wildman–Crippen LogP) is 12.6. The van der Waals surface area contributed by atoms with Gasteiger partial charge in [0.1, 0.15) is 0 Å². The van der Waals surface area contributed by atoms with Gasteiger partial charge in [-0.05, 0) is 75.8 Å². The Morgan fingerprint density at radius 3 is 1.76 bits per heavy atom. The highest BCUT2D eigenvalue weighted by molar-refractivity contribution is 6.21. The number of fused-ring (bicyclic) bond motifs is 8. The molecule has 7 aromatic carbocycles. The van der Waals surface area contributed by atoms with Crippen LogP contribution in [0.15, 0.2) is 176 Å². The van der Waals surface area contributed by atoms with E-state index in [0.717, 1.165) is 27.8 Å². The molecule has 1 unspecified atom stereocenters. The van der Waals surface area contributed by atoms with Gasteiger partial charge in [-0.25, -0.2) is 0 Å². The summed E-state index contributed by atoms with van der Waals surface area (Å²) in [5, 5.41) is 16.8. The van der Waals surface area contributed by atoms with Crippen molar-refractivity contribution in [2.24, 2.45) is 0 Å². The fourth-order valence-corrected chi connectivity index (χ4v) is 7.85. The molecule has 50 heavy (non-hydrogen) atoms. The van der Waals surface area contributed by atoms with Crippen LogP contribution >= 0.6 is 0 Å². The Morgan fingerprint density at radius 1 is 0.560 bits per heavy atom. The monoisotopic (exact) mass is 639 g/mol. The van der Waals surface area contributed by atoms with Gasteiger partial charge >= 0.3 is 0 Å². The zero-order chi connectivity index (χ0) is 33.6. The first-order chi connectivity index (χ1) is 24.7. The van der Waals surface area contributed by atoms with E-state index < -0.39 is 0 Å². The Kier molecular flexibility index (Phi) is 7.15. The fraction of sp³-hybridized carbons (Fsp3) is 0.0426. The molecule has 1 atom stereocenters. The van der Waals surface area contributed by atoms with E-state index in [2.05, 4.69) is 173 Å². The molecule has 0 saturated heterocycles. The molecule has 3 heteroatoms. The minimum Gasteiger partial charge on any atom is -0.331 e. The van der Waals surface area contributed by atoms with Crippen molar-refractivity contribution >= 4 is 60.1 Å². The van der Waals surface area contributed by atoms with Gasteiger partial charge in [0.15, 0.2) is 0 Å². The molecule has 0 aliphatic rings. The SMILES string of the molecule is C=C(C(C/C=C/C#N)n1c2ccccc2c2c3ccccc3ccc21)n1c2ccc(-c3ccccc3)cc2c2cc(-c3ccccc3)ccc21. The molecule has 0 bridgehead atoms. The molecule has 2 heterocycles. The van der Waals surface area contributed by atoms with Gasteiger partial charge in [0, 0.05) is 38.8 Å². The summed E-state index contributed by atoms with van der Waals surface area (Å²) in [5.41, 5.74) is 10.2. The molecule has 2 aromatic heterocycles. The van der Waals surface area contributed by atoms with E-state index in [4.69, 9.17) is 6.58 Å². The number of rotatable bonds is 7. The quantitative estimate of drug-likeness (QED) is 0.160. The van der Waals surface area contributed by atoms with E-state index in [0.29, 0.717) is 6.42 Å². The third kappa shape index (κ3) is 4.73. The van der Waals surface area contributed by atoms with E-state index in [1.807, 2.05) is 6.08 Å². The zero-order valence-electron chi connectivity index (χ0n) is 27.5. The van der Waals surface area contributed by atoms with Gasteiger partial charge in [-0.1, -0.05) is 134 Å². The van der Waals surface area contributed by atoms with Gasteiger partial charge in [0.25, 0.3) is 0 Å². The van der Waals surface area contributed by atoms with Crippen molar-refractivity contribution in [2.45, 2.75) is 12.5 Å². The van der Waals surface area contributed by atoms with Crippen LogP contribution in [0.3, 0.4) is 0 Å². The Bertz CT molecular complexity index is 2710. The molecule has 0 spiro atoms. The van der Waals surface area contributed by atoms with Crippen molar-refractivity contribution in [3.8, 4) is 28.3 Å². The molecular formula is C47H33N3. The zero-order valence-corrected chi connectivity index (χ0v) is 27.5.